The lowest BCUT2D eigenvalue weighted by Crippen LogP contribution is -2.24. The normalized spacial score (nSPS) is 12.1. The molecule has 0 aliphatic rings. The number of sulfone groups is 1. The van der Waals surface area contributed by atoms with E-state index in [1.807, 2.05) is 30.3 Å². The van der Waals surface area contributed by atoms with E-state index in [0.29, 0.717) is 0 Å². The van der Waals surface area contributed by atoms with Gasteiger partial charge in [0.05, 0.1) is 23.3 Å². The summed E-state index contributed by atoms with van der Waals surface area (Å²) in [5, 5.41) is 10.3. The molecular formula is C22H16F3N3O4S. The van der Waals surface area contributed by atoms with Gasteiger partial charge in [0.15, 0.2) is 0 Å². The van der Waals surface area contributed by atoms with Gasteiger partial charge in [-0.05, 0) is 41.5 Å². The van der Waals surface area contributed by atoms with Crippen LogP contribution in [0, 0.1) is 0 Å². The van der Waals surface area contributed by atoms with E-state index in [0.717, 1.165) is 45.5 Å². The summed E-state index contributed by atoms with van der Waals surface area (Å²) in [5.41, 5.74) is -3.66. The monoisotopic (exact) mass is 475 g/mol. The Morgan fingerprint density at radius 3 is 2.27 bits per heavy atom. The van der Waals surface area contributed by atoms with Crippen molar-refractivity contribution in [1.29, 1.82) is 0 Å². The molecule has 4 aromatic rings. The molecule has 4 rings (SSSR count). The molecule has 0 unspecified atom stereocenters. The molecule has 0 radical (unpaired) electrons. The van der Waals surface area contributed by atoms with Crippen molar-refractivity contribution in [3.05, 3.63) is 95.3 Å². The van der Waals surface area contributed by atoms with E-state index in [-0.39, 0.29) is 12.2 Å². The van der Waals surface area contributed by atoms with Crippen molar-refractivity contribution in [3.63, 3.8) is 0 Å². The predicted molar refractivity (Wildman–Crippen MR) is 114 cm³/mol. The highest BCUT2D eigenvalue weighted by Gasteiger charge is 2.46. The predicted octanol–water partition coefficient (Wildman–Crippen LogP) is 3.75. The number of nitrogens with zero attached hydrogens (tertiary/aromatic N) is 3. The Morgan fingerprint density at radius 1 is 0.970 bits per heavy atom. The summed E-state index contributed by atoms with van der Waals surface area (Å²) in [6.45, 7) is 0.0900. The quantitative estimate of drug-likeness (QED) is 0.475. The minimum atomic E-state index is -5.52. The fourth-order valence-corrected chi connectivity index (χ4v) is 4.13. The Hall–Kier alpha value is -3.86. The van der Waals surface area contributed by atoms with Crippen LogP contribution in [-0.2, 0) is 16.4 Å². The summed E-state index contributed by atoms with van der Waals surface area (Å²) in [6.07, 6.45) is 4.42. The van der Waals surface area contributed by atoms with Crippen molar-refractivity contribution in [2.45, 2.75) is 16.9 Å². The third-order valence-corrected chi connectivity index (χ3v) is 6.49. The zero-order chi connectivity index (χ0) is 23.8. The van der Waals surface area contributed by atoms with Crippen LogP contribution in [0.2, 0.25) is 0 Å². The lowest BCUT2D eigenvalue weighted by molar-refractivity contribution is -0.0436. The van der Waals surface area contributed by atoms with Gasteiger partial charge in [-0.2, -0.15) is 13.2 Å². The molecule has 2 heterocycles. The van der Waals surface area contributed by atoms with Gasteiger partial charge in [-0.1, -0.05) is 30.3 Å². The summed E-state index contributed by atoms with van der Waals surface area (Å²) < 4.78 is 63.4. The van der Waals surface area contributed by atoms with Gasteiger partial charge in [-0.3, -0.25) is 9.55 Å². The molecule has 0 amide bonds. The Labute approximate surface area is 185 Å². The highest BCUT2D eigenvalue weighted by Crippen LogP contribution is 2.31. The summed E-state index contributed by atoms with van der Waals surface area (Å²) in [6, 6.07) is 14.6. The van der Waals surface area contributed by atoms with E-state index in [9.17, 15) is 31.5 Å². The second kappa shape index (κ2) is 8.24. The van der Waals surface area contributed by atoms with E-state index in [4.69, 9.17) is 0 Å². The number of imidazole rings is 1. The lowest BCUT2D eigenvalue weighted by Gasteiger charge is -2.10. The Morgan fingerprint density at radius 2 is 1.64 bits per heavy atom. The van der Waals surface area contributed by atoms with E-state index in [1.54, 1.807) is 18.5 Å². The van der Waals surface area contributed by atoms with Crippen LogP contribution in [0.15, 0.2) is 88.9 Å². The molecule has 0 aliphatic carbocycles. The third-order valence-electron chi connectivity index (χ3n) is 4.98. The zero-order valence-electron chi connectivity index (χ0n) is 16.8. The van der Waals surface area contributed by atoms with Gasteiger partial charge in [0.1, 0.15) is 0 Å². The molecule has 0 spiro atoms. The number of benzene rings is 2. The first-order chi connectivity index (χ1) is 15.6. The number of rotatable bonds is 5. The zero-order valence-corrected chi connectivity index (χ0v) is 17.6. The van der Waals surface area contributed by atoms with Gasteiger partial charge in [0, 0.05) is 18.0 Å². The van der Waals surface area contributed by atoms with Crippen LogP contribution in [0.25, 0.3) is 16.8 Å². The molecule has 1 N–H and O–H groups in total. The highest BCUT2D eigenvalue weighted by molar-refractivity contribution is 7.92. The number of hydrogen-bond donors (Lipinski definition) is 1. The molecule has 0 aliphatic heterocycles. The van der Waals surface area contributed by atoms with Gasteiger partial charge in [-0.25, -0.2) is 17.8 Å². The minimum absolute atomic E-state index is 0.00962. The lowest BCUT2D eigenvalue weighted by atomic mass is 10.0. The maximum absolute atomic E-state index is 12.9. The first kappa shape index (κ1) is 22.3. The van der Waals surface area contributed by atoms with Crippen LogP contribution in [0.1, 0.15) is 5.56 Å². The van der Waals surface area contributed by atoms with E-state index in [2.05, 4.69) is 4.98 Å². The Bertz CT molecular complexity index is 1460. The summed E-state index contributed by atoms with van der Waals surface area (Å²) >= 11 is 0. The fourth-order valence-electron chi connectivity index (χ4n) is 3.37. The van der Waals surface area contributed by atoms with Crippen molar-refractivity contribution in [2.24, 2.45) is 0 Å². The SMILES string of the molecule is O=c1n(Cc2ccncc2-c2ccccc2)cc(O)n1-c1ccc(S(=O)(=O)C(F)(F)F)cc1. The number of aromatic hydroxyl groups is 1. The molecular weight excluding hydrogens is 459 g/mol. The maximum Gasteiger partial charge on any atom is 0.501 e. The topological polar surface area (TPSA) is 94.2 Å². The third kappa shape index (κ3) is 4.14. The molecule has 11 heteroatoms. The summed E-state index contributed by atoms with van der Waals surface area (Å²) in [4.78, 5) is 16.1. The Balaban J connectivity index is 1.70. The Kier molecular flexibility index (Phi) is 5.58. The molecule has 0 bridgehead atoms. The molecule has 170 valence electrons. The first-order valence-electron chi connectivity index (χ1n) is 9.51. The van der Waals surface area contributed by atoms with Gasteiger partial charge in [0.25, 0.3) is 9.84 Å². The summed E-state index contributed by atoms with van der Waals surface area (Å²) in [7, 11) is -5.52. The van der Waals surface area contributed by atoms with Gasteiger partial charge in [0.2, 0.25) is 5.88 Å². The number of alkyl halides is 3. The van der Waals surface area contributed by atoms with Gasteiger partial charge in [-0.15, -0.1) is 0 Å². The van der Waals surface area contributed by atoms with E-state index >= 15 is 0 Å². The number of hydrogen-bond acceptors (Lipinski definition) is 5. The van der Waals surface area contributed by atoms with Crippen LogP contribution in [0.5, 0.6) is 5.88 Å². The van der Waals surface area contributed by atoms with Crippen molar-refractivity contribution in [1.82, 2.24) is 14.1 Å². The van der Waals surface area contributed by atoms with Crippen LogP contribution in [0.3, 0.4) is 0 Å². The summed E-state index contributed by atoms with van der Waals surface area (Å²) in [5.74, 6) is -0.457. The van der Waals surface area contributed by atoms with Crippen LogP contribution >= 0.6 is 0 Å². The molecule has 0 atom stereocenters. The van der Waals surface area contributed by atoms with E-state index < -0.39 is 31.8 Å². The second-order valence-corrected chi connectivity index (χ2v) is 9.02. The van der Waals surface area contributed by atoms with Gasteiger partial charge < -0.3 is 5.11 Å². The van der Waals surface area contributed by atoms with Crippen LogP contribution in [-0.4, -0.2) is 33.2 Å². The average Bonchev–Trinajstić information content (AvgIpc) is 3.07. The fraction of sp³-hybridized carbons (Fsp3) is 0.0909. The largest absolute Gasteiger partial charge is 0.501 e. The molecule has 33 heavy (non-hydrogen) atoms. The highest BCUT2D eigenvalue weighted by atomic mass is 32.2. The molecule has 0 fully saturated rings. The molecule has 7 nitrogen and oxygen atoms in total. The smallest absolute Gasteiger partial charge is 0.493 e. The van der Waals surface area contributed by atoms with Crippen LogP contribution in [0.4, 0.5) is 13.2 Å². The molecule has 0 saturated heterocycles. The average molecular weight is 475 g/mol. The molecule has 2 aromatic heterocycles. The first-order valence-corrected chi connectivity index (χ1v) is 11.0. The van der Waals surface area contributed by atoms with Crippen molar-refractivity contribution in [2.75, 3.05) is 0 Å². The maximum atomic E-state index is 12.9. The van der Waals surface area contributed by atoms with Crippen molar-refractivity contribution >= 4 is 9.84 Å². The van der Waals surface area contributed by atoms with Crippen LogP contribution < -0.4 is 5.69 Å². The standard InChI is InChI=1S/C22H16F3N3O4S/c23-22(24,25)33(31,32)18-8-6-17(7-9-18)28-20(29)14-27(21(28)30)13-16-10-11-26-12-19(16)15-4-2-1-3-5-15/h1-12,14,29H,13H2. The molecule has 2 aromatic carbocycles. The second-order valence-electron chi connectivity index (χ2n) is 7.08. The number of aromatic nitrogens is 3. The van der Waals surface area contributed by atoms with Crippen molar-refractivity contribution < 1.29 is 26.7 Å². The minimum Gasteiger partial charge on any atom is -0.493 e. The number of pyridine rings is 1. The van der Waals surface area contributed by atoms with E-state index in [1.165, 1.54) is 10.8 Å². The number of halogens is 3. The van der Waals surface area contributed by atoms with Crippen molar-refractivity contribution in [3.8, 4) is 22.7 Å². The van der Waals surface area contributed by atoms with Gasteiger partial charge >= 0.3 is 11.2 Å². The molecule has 0 saturated carbocycles.